The third kappa shape index (κ3) is 3.47. The van der Waals surface area contributed by atoms with Gasteiger partial charge in [0.1, 0.15) is 5.76 Å². The molecule has 3 rings (SSSR count). The Kier molecular flexibility index (Phi) is 4.67. The van der Waals surface area contributed by atoms with Crippen molar-refractivity contribution < 1.29 is 17.7 Å². The third-order valence-electron chi connectivity index (χ3n) is 4.65. The Labute approximate surface area is 142 Å². The number of amides is 1. The van der Waals surface area contributed by atoms with E-state index < -0.39 is 10.2 Å². The summed E-state index contributed by atoms with van der Waals surface area (Å²) in [6.07, 6.45) is 3.34. The second kappa shape index (κ2) is 6.45. The van der Waals surface area contributed by atoms with Crippen LogP contribution in [0.4, 0.5) is 0 Å². The zero-order chi connectivity index (χ0) is 17.5. The molecule has 1 saturated carbocycles. The standard InChI is InChI=1S/C15H24N4O4S/c1-10-8-12(6-7-19(10)24(21,22)18(2)3)16-15(20)13-9-14(23-17-13)11-4-5-11/h9-12H,4-8H2,1-3H3,(H,16,20)/t10-,12+/m0/s1. The highest BCUT2D eigenvalue weighted by atomic mass is 32.2. The van der Waals surface area contributed by atoms with Gasteiger partial charge in [-0.1, -0.05) is 5.16 Å². The van der Waals surface area contributed by atoms with Crippen molar-refractivity contribution in [3.05, 3.63) is 17.5 Å². The van der Waals surface area contributed by atoms with Gasteiger partial charge in [-0.3, -0.25) is 4.79 Å². The fourth-order valence-corrected chi connectivity index (χ4v) is 4.35. The van der Waals surface area contributed by atoms with Gasteiger partial charge >= 0.3 is 0 Å². The molecule has 1 aliphatic carbocycles. The van der Waals surface area contributed by atoms with Crippen molar-refractivity contribution in [1.29, 1.82) is 0 Å². The van der Waals surface area contributed by atoms with E-state index in [0.717, 1.165) is 18.6 Å². The van der Waals surface area contributed by atoms with Crippen LogP contribution in [0.15, 0.2) is 10.6 Å². The number of hydrogen-bond acceptors (Lipinski definition) is 5. The van der Waals surface area contributed by atoms with E-state index >= 15 is 0 Å². The summed E-state index contributed by atoms with van der Waals surface area (Å²) < 4.78 is 32.4. The summed E-state index contributed by atoms with van der Waals surface area (Å²) in [5.74, 6) is 0.936. The van der Waals surface area contributed by atoms with Crippen LogP contribution in [-0.4, -0.2) is 60.8 Å². The number of piperidine rings is 1. The van der Waals surface area contributed by atoms with Crippen LogP contribution in [0, 0.1) is 0 Å². The largest absolute Gasteiger partial charge is 0.360 e. The molecule has 2 fully saturated rings. The highest BCUT2D eigenvalue weighted by molar-refractivity contribution is 7.86. The molecule has 1 aliphatic heterocycles. The zero-order valence-corrected chi connectivity index (χ0v) is 15.0. The first kappa shape index (κ1) is 17.4. The van der Waals surface area contributed by atoms with Crippen molar-refractivity contribution in [1.82, 2.24) is 19.1 Å². The van der Waals surface area contributed by atoms with Crippen molar-refractivity contribution in [3.8, 4) is 0 Å². The molecular weight excluding hydrogens is 332 g/mol. The Morgan fingerprint density at radius 1 is 1.38 bits per heavy atom. The van der Waals surface area contributed by atoms with Crippen LogP contribution in [0.3, 0.4) is 0 Å². The first-order valence-electron chi connectivity index (χ1n) is 8.26. The van der Waals surface area contributed by atoms with E-state index in [1.54, 1.807) is 6.07 Å². The van der Waals surface area contributed by atoms with Crippen LogP contribution in [0.5, 0.6) is 0 Å². The number of carbonyl (C=O) groups is 1. The lowest BCUT2D eigenvalue weighted by Crippen LogP contribution is -2.53. The molecule has 0 spiro atoms. The zero-order valence-electron chi connectivity index (χ0n) is 14.2. The molecule has 1 aromatic heterocycles. The number of hydrogen-bond donors (Lipinski definition) is 1. The minimum atomic E-state index is -3.43. The van der Waals surface area contributed by atoms with E-state index in [1.165, 1.54) is 22.7 Å². The Hall–Kier alpha value is -1.45. The first-order valence-corrected chi connectivity index (χ1v) is 9.65. The summed E-state index contributed by atoms with van der Waals surface area (Å²) in [5.41, 5.74) is 0.299. The normalized spacial score (nSPS) is 25.8. The molecule has 1 N–H and O–H groups in total. The number of rotatable bonds is 5. The maximum absolute atomic E-state index is 12.3. The Balaban J connectivity index is 1.58. The van der Waals surface area contributed by atoms with Gasteiger partial charge in [-0.15, -0.1) is 0 Å². The lowest BCUT2D eigenvalue weighted by atomic mass is 10.0. The molecule has 1 aromatic rings. The van der Waals surface area contributed by atoms with Crippen LogP contribution in [0.2, 0.25) is 0 Å². The topological polar surface area (TPSA) is 95.7 Å². The molecule has 0 bridgehead atoms. The van der Waals surface area contributed by atoms with Crippen molar-refractivity contribution in [2.45, 2.75) is 50.6 Å². The van der Waals surface area contributed by atoms with Gasteiger partial charge in [0.05, 0.1) is 0 Å². The monoisotopic (exact) mass is 356 g/mol. The number of nitrogens with one attached hydrogen (secondary N) is 1. The highest BCUT2D eigenvalue weighted by Crippen LogP contribution is 2.40. The molecule has 2 atom stereocenters. The van der Waals surface area contributed by atoms with Gasteiger partial charge in [0, 0.05) is 44.7 Å². The molecule has 1 saturated heterocycles. The van der Waals surface area contributed by atoms with Crippen LogP contribution < -0.4 is 5.32 Å². The molecule has 0 unspecified atom stereocenters. The molecule has 2 heterocycles. The summed E-state index contributed by atoms with van der Waals surface area (Å²) in [6.45, 7) is 2.25. The van der Waals surface area contributed by atoms with E-state index in [2.05, 4.69) is 10.5 Å². The molecule has 2 aliphatic rings. The SMILES string of the molecule is C[C@H]1C[C@H](NC(=O)c2cc(C3CC3)on2)CCN1S(=O)(=O)N(C)C. The predicted octanol–water partition coefficient (Wildman–Crippen LogP) is 0.941. The van der Waals surface area contributed by atoms with Crippen molar-refractivity contribution in [3.63, 3.8) is 0 Å². The smallest absolute Gasteiger partial charge is 0.281 e. The Morgan fingerprint density at radius 3 is 2.67 bits per heavy atom. The maximum Gasteiger partial charge on any atom is 0.281 e. The molecule has 1 amide bonds. The summed E-state index contributed by atoms with van der Waals surface area (Å²) in [6, 6.07) is 1.47. The van der Waals surface area contributed by atoms with Gasteiger partial charge in [0.2, 0.25) is 0 Å². The third-order valence-corrected chi connectivity index (χ3v) is 6.71. The van der Waals surface area contributed by atoms with Gasteiger partial charge in [-0.05, 0) is 32.6 Å². The first-order chi connectivity index (χ1) is 11.3. The van der Waals surface area contributed by atoms with Crippen LogP contribution in [-0.2, 0) is 10.2 Å². The van der Waals surface area contributed by atoms with Gasteiger partial charge in [-0.2, -0.15) is 17.0 Å². The maximum atomic E-state index is 12.3. The summed E-state index contributed by atoms with van der Waals surface area (Å²) >= 11 is 0. The highest BCUT2D eigenvalue weighted by Gasteiger charge is 2.35. The van der Waals surface area contributed by atoms with Crippen LogP contribution in [0.25, 0.3) is 0 Å². The van der Waals surface area contributed by atoms with Crippen molar-refractivity contribution in [2.24, 2.45) is 0 Å². The molecule has 0 radical (unpaired) electrons. The summed E-state index contributed by atoms with van der Waals surface area (Å²) in [4.78, 5) is 12.3. The van der Waals surface area contributed by atoms with E-state index in [9.17, 15) is 13.2 Å². The summed E-state index contributed by atoms with van der Waals surface area (Å²) in [7, 11) is -0.374. The minimum Gasteiger partial charge on any atom is -0.360 e. The summed E-state index contributed by atoms with van der Waals surface area (Å²) in [5, 5.41) is 6.78. The van der Waals surface area contributed by atoms with E-state index in [-0.39, 0.29) is 18.0 Å². The Bertz CT molecular complexity index is 711. The number of carbonyl (C=O) groups excluding carboxylic acids is 1. The number of aromatic nitrogens is 1. The fraction of sp³-hybridized carbons (Fsp3) is 0.733. The lowest BCUT2D eigenvalue weighted by molar-refractivity contribution is 0.0904. The van der Waals surface area contributed by atoms with Crippen LogP contribution in [0.1, 0.15) is 54.8 Å². The Morgan fingerprint density at radius 2 is 2.08 bits per heavy atom. The van der Waals surface area contributed by atoms with Gasteiger partial charge in [0.25, 0.3) is 16.1 Å². The van der Waals surface area contributed by atoms with Gasteiger partial charge in [0.15, 0.2) is 5.69 Å². The van der Waals surface area contributed by atoms with Crippen LogP contribution >= 0.6 is 0 Å². The molecular formula is C15H24N4O4S. The number of nitrogens with zero attached hydrogens (tertiary/aromatic N) is 3. The van der Waals surface area contributed by atoms with Gasteiger partial charge in [-0.25, -0.2) is 0 Å². The molecule has 8 nitrogen and oxygen atoms in total. The van der Waals surface area contributed by atoms with Crippen molar-refractivity contribution in [2.75, 3.05) is 20.6 Å². The quantitative estimate of drug-likeness (QED) is 0.847. The van der Waals surface area contributed by atoms with E-state index in [1.807, 2.05) is 6.92 Å². The fourth-order valence-electron chi connectivity index (χ4n) is 3.05. The molecule has 9 heteroatoms. The van der Waals surface area contributed by atoms with E-state index in [0.29, 0.717) is 31.0 Å². The second-order valence-corrected chi connectivity index (χ2v) is 8.93. The molecule has 134 valence electrons. The van der Waals surface area contributed by atoms with Crippen molar-refractivity contribution >= 4 is 16.1 Å². The minimum absolute atomic E-state index is 0.0674. The lowest BCUT2D eigenvalue weighted by Gasteiger charge is -2.37. The average Bonchev–Trinajstić information content (AvgIpc) is 3.24. The van der Waals surface area contributed by atoms with E-state index in [4.69, 9.17) is 4.52 Å². The average molecular weight is 356 g/mol. The predicted molar refractivity (Wildman–Crippen MR) is 87.7 cm³/mol. The second-order valence-electron chi connectivity index (χ2n) is 6.83. The molecule has 24 heavy (non-hydrogen) atoms. The van der Waals surface area contributed by atoms with Gasteiger partial charge < -0.3 is 9.84 Å². The molecule has 0 aromatic carbocycles.